The Morgan fingerprint density at radius 1 is 1.57 bits per heavy atom. The van der Waals surface area contributed by atoms with Gasteiger partial charge in [0.1, 0.15) is 6.67 Å². The maximum absolute atomic E-state index is 12.7. The number of Topliss-reactive ketones (excluding diaryl/α,β-unsaturated/α-hetero) is 1. The third kappa shape index (κ3) is 1.19. The van der Waals surface area contributed by atoms with E-state index in [2.05, 4.69) is 0 Å². The second-order valence-electron chi connectivity index (χ2n) is 3.94. The summed E-state index contributed by atoms with van der Waals surface area (Å²) in [5.41, 5.74) is 0. The number of amides is 1. The van der Waals surface area contributed by atoms with Gasteiger partial charge in [0.25, 0.3) is 0 Å². The first-order chi connectivity index (χ1) is 6.65. The van der Waals surface area contributed by atoms with Crippen molar-refractivity contribution in [3.63, 3.8) is 0 Å². The Balaban J connectivity index is 2.27. The summed E-state index contributed by atoms with van der Waals surface area (Å²) in [6.45, 7) is -0.680. The van der Waals surface area contributed by atoms with Crippen molar-refractivity contribution < 1.29 is 19.1 Å². The molecule has 0 aromatic rings. The Morgan fingerprint density at radius 3 is 2.79 bits per heavy atom. The number of carbonyl (C=O) groups is 2. The molecule has 5 heteroatoms. The summed E-state index contributed by atoms with van der Waals surface area (Å²) < 4.78 is 12.7. The lowest BCUT2D eigenvalue weighted by molar-refractivity contribution is -0.136. The molecular formula is C9H12FNO3. The highest BCUT2D eigenvalue weighted by Crippen LogP contribution is 2.37. The van der Waals surface area contributed by atoms with E-state index in [4.69, 9.17) is 5.11 Å². The Labute approximate surface area is 80.7 Å². The number of alkyl halides is 1. The molecule has 0 unspecified atom stereocenters. The molecule has 4 nitrogen and oxygen atoms in total. The van der Waals surface area contributed by atoms with Gasteiger partial charge in [-0.3, -0.25) is 9.69 Å². The zero-order chi connectivity index (χ0) is 10.3. The quantitative estimate of drug-likeness (QED) is 0.690. The lowest BCUT2D eigenvalue weighted by Gasteiger charge is -2.47. The van der Waals surface area contributed by atoms with Crippen molar-refractivity contribution in [3.8, 4) is 0 Å². The Morgan fingerprint density at radius 2 is 2.29 bits per heavy atom. The van der Waals surface area contributed by atoms with E-state index in [1.54, 1.807) is 0 Å². The zero-order valence-corrected chi connectivity index (χ0v) is 7.65. The predicted octanol–water partition coefficient (Wildman–Crippen LogP) is 1.06. The standard InChI is InChI=1S/C9H12FNO3/c10-4-7-5-1-2-6(8(12)3-5)11(7)9(13)14/h5-7H,1-4H2,(H,13,14)/t5-,6+,7-/m1/s1. The van der Waals surface area contributed by atoms with Crippen LogP contribution in [-0.2, 0) is 4.79 Å². The minimum absolute atomic E-state index is 0.0478. The topological polar surface area (TPSA) is 57.6 Å². The average Bonchev–Trinajstić information content (AvgIpc) is 2.16. The van der Waals surface area contributed by atoms with Crippen LogP contribution in [0.2, 0.25) is 0 Å². The van der Waals surface area contributed by atoms with Gasteiger partial charge in [-0.15, -0.1) is 0 Å². The van der Waals surface area contributed by atoms with Gasteiger partial charge in [-0.2, -0.15) is 0 Å². The van der Waals surface area contributed by atoms with Crippen molar-refractivity contribution in [2.75, 3.05) is 6.67 Å². The van der Waals surface area contributed by atoms with E-state index in [-0.39, 0.29) is 11.7 Å². The first-order valence-corrected chi connectivity index (χ1v) is 4.75. The Hall–Kier alpha value is -1.13. The molecule has 2 heterocycles. The van der Waals surface area contributed by atoms with Crippen LogP contribution in [0.5, 0.6) is 0 Å². The molecule has 3 rings (SSSR count). The molecule has 2 saturated heterocycles. The maximum atomic E-state index is 12.7. The van der Waals surface area contributed by atoms with Crippen LogP contribution < -0.4 is 0 Å². The van der Waals surface area contributed by atoms with Crippen LogP contribution >= 0.6 is 0 Å². The second-order valence-corrected chi connectivity index (χ2v) is 3.94. The summed E-state index contributed by atoms with van der Waals surface area (Å²) in [6.07, 6.45) is 0.514. The summed E-state index contributed by atoms with van der Waals surface area (Å²) in [5, 5.41) is 8.89. The van der Waals surface area contributed by atoms with Gasteiger partial charge < -0.3 is 5.11 Å². The van der Waals surface area contributed by atoms with Crippen molar-refractivity contribution in [2.45, 2.75) is 31.3 Å². The number of nitrogens with zero attached hydrogens (tertiary/aromatic N) is 1. The molecule has 1 saturated carbocycles. The first kappa shape index (κ1) is 9.43. The molecule has 78 valence electrons. The molecule has 2 aliphatic heterocycles. The van der Waals surface area contributed by atoms with Gasteiger partial charge in [0.15, 0.2) is 5.78 Å². The van der Waals surface area contributed by atoms with Crippen LogP contribution in [0.1, 0.15) is 19.3 Å². The minimum Gasteiger partial charge on any atom is -0.465 e. The normalized spacial score (nSPS) is 36.2. The largest absolute Gasteiger partial charge is 0.465 e. The molecule has 0 radical (unpaired) electrons. The maximum Gasteiger partial charge on any atom is 0.408 e. The third-order valence-electron chi connectivity index (χ3n) is 3.26. The predicted molar refractivity (Wildman–Crippen MR) is 45.8 cm³/mol. The number of halogens is 1. The average molecular weight is 201 g/mol. The summed E-state index contributed by atoms with van der Waals surface area (Å²) >= 11 is 0. The molecule has 3 atom stereocenters. The number of ketones is 1. The molecular weight excluding hydrogens is 189 g/mol. The fourth-order valence-corrected chi connectivity index (χ4v) is 2.59. The number of piperidine rings is 2. The lowest BCUT2D eigenvalue weighted by Crippen LogP contribution is -2.61. The number of rotatable bonds is 1. The highest BCUT2D eigenvalue weighted by molar-refractivity contribution is 5.89. The van der Waals surface area contributed by atoms with E-state index in [0.717, 1.165) is 11.3 Å². The van der Waals surface area contributed by atoms with Crippen LogP contribution in [0, 0.1) is 5.92 Å². The lowest BCUT2D eigenvalue weighted by atomic mass is 9.74. The molecule has 0 aromatic heterocycles. The van der Waals surface area contributed by atoms with Crippen molar-refractivity contribution in [1.82, 2.24) is 4.90 Å². The summed E-state index contributed by atoms with van der Waals surface area (Å²) in [6, 6.07) is -1.18. The van der Waals surface area contributed by atoms with E-state index in [0.29, 0.717) is 12.8 Å². The molecule has 3 aliphatic rings. The van der Waals surface area contributed by atoms with Gasteiger partial charge in [0.05, 0.1) is 12.1 Å². The number of carbonyl (C=O) groups excluding carboxylic acids is 1. The number of hydrogen-bond acceptors (Lipinski definition) is 2. The molecule has 1 N–H and O–H groups in total. The molecule has 14 heavy (non-hydrogen) atoms. The van der Waals surface area contributed by atoms with Crippen molar-refractivity contribution >= 4 is 11.9 Å². The monoisotopic (exact) mass is 201 g/mol. The summed E-state index contributed by atoms with van der Waals surface area (Å²) in [4.78, 5) is 23.3. The van der Waals surface area contributed by atoms with Gasteiger partial charge in [-0.05, 0) is 18.8 Å². The van der Waals surface area contributed by atoms with Crippen molar-refractivity contribution in [1.29, 1.82) is 0 Å². The summed E-state index contributed by atoms with van der Waals surface area (Å²) in [5.74, 6) is -0.151. The van der Waals surface area contributed by atoms with Crippen LogP contribution in [0.25, 0.3) is 0 Å². The van der Waals surface area contributed by atoms with E-state index < -0.39 is 24.9 Å². The molecule has 0 spiro atoms. The number of hydrogen-bond donors (Lipinski definition) is 1. The molecule has 1 aliphatic carbocycles. The van der Waals surface area contributed by atoms with E-state index in [1.165, 1.54) is 0 Å². The molecule has 1 amide bonds. The Kier molecular flexibility index (Phi) is 2.17. The van der Waals surface area contributed by atoms with Gasteiger partial charge in [0, 0.05) is 6.42 Å². The number of carboxylic acid groups (broad SMARTS) is 1. The van der Waals surface area contributed by atoms with Gasteiger partial charge in [-0.25, -0.2) is 9.18 Å². The molecule has 0 aromatic carbocycles. The number of fused-ring (bicyclic) bond motifs is 3. The fourth-order valence-electron chi connectivity index (χ4n) is 2.59. The fraction of sp³-hybridized carbons (Fsp3) is 0.778. The summed E-state index contributed by atoms with van der Waals surface area (Å²) in [7, 11) is 0. The highest BCUT2D eigenvalue weighted by Gasteiger charge is 2.48. The Bertz CT molecular complexity index is 281. The second kappa shape index (κ2) is 3.22. The van der Waals surface area contributed by atoms with Crippen LogP contribution in [0.3, 0.4) is 0 Å². The van der Waals surface area contributed by atoms with Gasteiger partial charge >= 0.3 is 6.09 Å². The van der Waals surface area contributed by atoms with Crippen LogP contribution in [0.4, 0.5) is 9.18 Å². The van der Waals surface area contributed by atoms with Crippen molar-refractivity contribution in [3.05, 3.63) is 0 Å². The molecule has 2 bridgehead atoms. The minimum atomic E-state index is -1.17. The highest BCUT2D eigenvalue weighted by atomic mass is 19.1. The van der Waals surface area contributed by atoms with E-state index in [1.807, 2.05) is 0 Å². The van der Waals surface area contributed by atoms with E-state index >= 15 is 0 Å². The first-order valence-electron chi connectivity index (χ1n) is 4.75. The molecule has 3 fully saturated rings. The third-order valence-corrected chi connectivity index (χ3v) is 3.26. The zero-order valence-electron chi connectivity index (χ0n) is 7.65. The van der Waals surface area contributed by atoms with Gasteiger partial charge in [0.2, 0.25) is 0 Å². The SMILES string of the molecule is O=C1C[C@H]2CC[C@@H]1N(C(=O)O)[C@@H]2CF. The smallest absolute Gasteiger partial charge is 0.408 e. The van der Waals surface area contributed by atoms with Crippen LogP contribution in [-0.4, -0.2) is 40.6 Å². The van der Waals surface area contributed by atoms with Crippen molar-refractivity contribution in [2.24, 2.45) is 5.92 Å². The van der Waals surface area contributed by atoms with Crippen LogP contribution in [0.15, 0.2) is 0 Å². The van der Waals surface area contributed by atoms with E-state index in [9.17, 15) is 14.0 Å². The van der Waals surface area contributed by atoms with Gasteiger partial charge in [-0.1, -0.05) is 0 Å².